The summed E-state index contributed by atoms with van der Waals surface area (Å²) in [5.41, 5.74) is 0.390. The highest BCUT2D eigenvalue weighted by atomic mass is 79.9. The molecule has 6 heteroatoms. The lowest BCUT2D eigenvalue weighted by atomic mass is 10.1. The van der Waals surface area contributed by atoms with Crippen LogP contribution in [0.5, 0.6) is 5.75 Å². The predicted octanol–water partition coefficient (Wildman–Crippen LogP) is 1.52. The number of amides is 1. The lowest BCUT2D eigenvalue weighted by Crippen LogP contribution is -2.21. The first-order valence-corrected chi connectivity index (χ1v) is 5.73. The molecule has 1 aromatic carbocycles. The van der Waals surface area contributed by atoms with Crippen LogP contribution in [0.3, 0.4) is 0 Å². The highest BCUT2D eigenvalue weighted by Gasteiger charge is 2.18. The molecule has 92 valence electrons. The zero-order valence-corrected chi connectivity index (χ0v) is 11.1. The quantitative estimate of drug-likeness (QED) is 0.582. The van der Waals surface area contributed by atoms with Crippen molar-refractivity contribution in [3.63, 3.8) is 0 Å². The number of halogens is 1. The van der Waals surface area contributed by atoms with E-state index in [0.29, 0.717) is 4.47 Å². The van der Waals surface area contributed by atoms with E-state index in [2.05, 4.69) is 26.6 Å². The molecule has 17 heavy (non-hydrogen) atoms. The summed E-state index contributed by atoms with van der Waals surface area (Å²) in [6.45, 7) is 1.43. The van der Waals surface area contributed by atoms with Gasteiger partial charge in [-0.3, -0.25) is 9.59 Å². The molecule has 1 rings (SSSR count). The van der Waals surface area contributed by atoms with Gasteiger partial charge in [-0.1, -0.05) is 0 Å². The van der Waals surface area contributed by atoms with Gasteiger partial charge in [0, 0.05) is 11.4 Å². The largest absolute Gasteiger partial charge is 0.506 e. The summed E-state index contributed by atoms with van der Waals surface area (Å²) in [7, 11) is 1.65. The SMILES string of the molecule is CNCC(=O)c1c(Br)ccc(O)c1NC(C)=O. The van der Waals surface area contributed by atoms with Crippen molar-refractivity contribution in [2.45, 2.75) is 6.92 Å². The van der Waals surface area contributed by atoms with Crippen molar-refractivity contribution in [2.24, 2.45) is 0 Å². The van der Waals surface area contributed by atoms with Gasteiger partial charge in [0.25, 0.3) is 0 Å². The smallest absolute Gasteiger partial charge is 0.221 e. The van der Waals surface area contributed by atoms with Gasteiger partial charge in [0.05, 0.1) is 17.8 Å². The number of carbonyl (C=O) groups excluding carboxylic acids is 2. The minimum Gasteiger partial charge on any atom is -0.506 e. The van der Waals surface area contributed by atoms with Gasteiger partial charge in [0.15, 0.2) is 5.78 Å². The molecular formula is C11H13BrN2O3. The maximum Gasteiger partial charge on any atom is 0.221 e. The van der Waals surface area contributed by atoms with Crippen LogP contribution in [0.4, 0.5) is 5.69 Å². The highest BCUT2D eigenvalue weighted by molar-refractivity contribution is 9.10. The number of benzene rings is 1. The normalized spacial score (nSPS) is 10.1. The van der Waals surface area contributed by atoms with Gasteiger partial charge >= 0.3 is 0 Å². The maximum atomic E-state index is 11.9. The topological polar surface area (TPSA) is 78.4 Å². The second-order valence-corrected chi connectivity index (χ2v) is 4.31. The van der Waals surface area contributed by atoms with E-state index in [4.69, 9.17) is 0 Å². The number of hydrogen-bond donors (Lipinski definition) is 3. The van der Waals surface area contributed by atoms with E-state index in [0.717, 1.165) is 0 Å². The number of phenols is 1. The number of ketones is 1. The maximum absolute atomic E-state index is 11.9. The zero-order valence-electron chi connectivity index (χ0n) is 9.50. The Kier molecular flexibility index (Phi) is 4.65. The Morgan fingerprint density at radius 2 is 2.06 bits per heavy atom. The van der Waals surface area contributed by atoms with Crippen LogP contribution in [0.2, 0.25) is 0 Å². The Balaban J connectivity index is 3.28. The fourth-order valence-electron chi connectivity index (χ4n) is 1.39. The molecule has 0 aliphatic rings. The summed E-state index contributed by atoms with van der Waals surface area (Å²) in [6.07, 6.45) is 0. The van der Waals surface area contributed by atoms with Gasteiger partial charge in [0.1, 0.15) is 5.75 Å². The fourth-order valence-corrected chi connectivity index (χ4v) is 1.94. The second-order valence-electron chi connectivity index (χ2n) is 3.45. The van der Waals surface area contributed by atoms with Crippen molar-refractivity contribution in [1.82, 2.24) is 5.32 Å². The molecule has 0 aromatic heterocycles. The van der Waals surface area contributed by atoms with Gasteiger partial charge in [-0.15, -0.1) is 0 Å². The number of anilines is 1. The van der Waals surface area contributed by atoms with Crippen molar-refractivity contribution in [1.29, 1.82) is 0 Å². The monoisotopic (exact) mass is 300 g/mol. The molecule has 0 saturated carbocycles. The van der Waals surface area contributed by atoms with Crippen LogP contribution in [-0.4, -0.2) is 30.4 Å². The Hall–Kier alpha value is -1.40. The summed E-state index contributed by atoms with van der Waals surface area (Å²) in [4.78, 5) is 22.9. The summed E-state index contributed by atoms with van der Waals surface area (Å²) < 4.78 is 0.527. The van der Waals surface area contributed by atoms with Crippen LogP contribution in [0.15, 0.2) is 16.6 Å². The molecule has 3 N–H and O–H groups in total. The number of nitrogens with one attached hydrogen (secondary N) is 2. The van der Waals surface area contributed by atoms with Crippen LogP contribution in [0.1, 0.15) is 17.3 Å². The van der Waals surface area contributed by atoms with E-state index in [1.165, 1.54) is 13.0 Å². The fraction of sp³-hybridized carbons (Fsp3) is 0.273. The van der Waals surface area contributed by atoms with Crippen LogP contribution in [0.25, 0.3) is 0 Å². The molecule has 0 unspecified atom stereocenters. The first-order valence-electron chi connectivity index (χ1n) is 4.94. The number of Topliss-reactive ketones (excluding diaryl/α,β-unsaturated/α-hetero) is 1. The zero-order chi connectivity index (χ0) is 13.0. The molecule has 0 aliphatic heterocycles. The third-order valence-corrected chi connectivity index (χ3v) is 2.71. The van der Waals surface area contributed by atoms with E-state index in [9.17, 15) is 14.7 Å². The molecule has 1 aromatic rings. The first-order chi connectivity index (χ1) is 7.97. The molecule has 0 spiro atoms. The van der Waals surface area contributed by atoms with Crippen LogP contribution in [0, 0.1) is 0 Å². The van der Waals surface area contributed by atoms with Gasteiger partial charge in [-0.05, 0) is 35.1 Å². The van der Waals surface area contributed by atoms with Crippen molar-refractivity contribution in [3.8, 4) is 5.75 Å². The number of phenolic OH excluding ortho intramolecular Hbond substituents is 1. The molecular weight excluding hydrogens is 288 g/mol. The highest BCUT2D eigenvalue weighted by Crippen LogP contribution is 2.33. The van der Waals surface area contributed by atoms with E-state index in [1.54, 1.807) is 13.1 Å². The van der Waals surface area contributed by atoms with Crippen molar-refractivity contribution >= 4 is 33.3 Å². The summed E-state index contributed by atoms with van der Waals surface area (Å²) in [5.74, 6) is -0.709. The molecule has 0 atom stereocenters. The van der Waals surface area contributed by atoms with Crippen LogP contribution in [-0.2, 0) is 4.79 Å². The number of hydrogen-bond acceptors (Lipinski definition) is 4. The molecule has 1 amide bonds. The minimum absolute atomic E-state index is 0.120. The average molecular weight is 301 g/mol. The standard InChI is InChI=1S/C11H13BrN2O3/c1-6(15)14-11-8(16)4-3-7(12)10(11)9(17)5-13-2/h3-4,13,16H,5H2,1-2H3,(H,14,15). The number of aromatic hydroxyl groups is 1. The molecule has 0 radical (unpaired) electrons. The molecule has 0 fully saturated rings. The number of carbonyl (C=O) groups is 2. The van der Waals surface area contributed by atoms with Crippen molar-refractivity contribution in [2.75, 3.05) is 18.9 Å². The van der Waals surface area contributed by atoms with E-state index >= 15 is 0 Å². The lowest BCUT2D eigenvalue weighted by molar-refractivity contribution is -0.114. The van der Waals surface area contributed by atoms with Gasteiger partial charge in [0.2, 0.25) is 5.91 Å². The lowest BCUT2D eigenvalue weighted by Gasteiger charge is -2.12. The van der Waals surface area contributed by atoms with E-state index in [1.807, 2.05) is 0 Å². The molecule has 0 aliphatic carbocycles. The Morgan fingerprint density at radius 3 is 2.59 bits per heavy atom. The Labute approximate surface area is 107 Å². The molecule has 0 saturated heterocycles. The number of likely N-dealkylation sites (N-methyl/N-ethyl adjacent to an activating group) is 1. The Morgan fingerprint density at radius 1 is 1.41 bits per heavy atom. The second kappa shape index (κ2) is 5.79. The van der Waals surface area contributed by atoms with E-state index < -0.39 is 0 Å². The van der Waals surface area contributed by atoms with Crippen molar-refractivity contribution < 1.29 is 14.7 Å². The summed E-state index contributed by atoms with van der Waals surface area (Å²) >= 11 is 3.23. The van der Waals surface area contributed by atoms with Crippen LogP contribution < -0.4 is 10.6 Å². The van der Waals surface area contributed by atoms with Gasteiger partial charge in [-0.2, -0.15) is 0 Å². The summed E-state index contributed by atoms with van der Waals surface area (Å²) in [5, 5.41) is 14.9. The number of rotatable bonds is 4. The van der Waals surface area contributed by atoms with Gasteiger partial charge < -0.3 is 15.7 Å². The molecule has 5 nitrogen and oxygen atoms in total. The van der Waals surface area contributed by atoms with Crippen molar-refractivity contribution in [3.05, 3.63) is 22.2 Å². The minimum atomic E-state index is -0.350. The molecule has 0 heterocycles. The average Bonchev–Trinajstić information content (AvgIpc) is 2.23. The third-order valence-electron chi connectivity index (χ3n) is 2.05. The predicted molar refractivity (Wildman–Crippen MR) is 68.4 cm³/mol. The third kappa shape index (κ3) is 3.28. The van der Waals surface area contributed by atoms with Gasteiger partial charge in [-0.25, -0.2) is 0 Å². The Bertz CT molecular complexity index is 460. The summed E-state index contributed by atoms with van der Waals surface area (Å²) in [6, 6.07) is 2.97. The van der Waals surface area contributed by atoms with Crippen LogP contribution >= 0.6 is 15.9 Å². The first kappa shape index (κ1) is 13.7. The van der Waals surface area contributed by atoms with E-state index in [-0.39, 0.29) is 35.2 Å². The molecule has 0 bridgehead atoms.